The third-order valence-corrected chi connectivity index (χ3v) is 2.73. The Bertz CT molecular complexity index is 618. The van der Waals surface area contributed by atoms with Crippen LogP contribution in [0.1, 0.15) is 41.3 Å². The second-order valence-corrected chi connectivity index (χ2v) is 4.25. The Morgan fingerprint density at radius 2 is 1.77 bits per heavy atom. The molecule has 0 radical (unpaired) electrons. The van der Waals surface area contributed by atoms with Crippen LogP contribution in [0.15, 0.2) is 40.8 Å². The van der Waals surface area contributed by atoms with Gasteiger partial charge in [-0.05, 0) is 30.7 Å². The number of aryl methyl sites for hydroxylation is 1. The molecule has 0 fully saturated rings. The first-order valence-electron chi connectivity index (χ1n) is 6.87. The van der Waals surface area contributed by atoms with Gasteiger partial charge in [0.1, 0.15) is 5.76 Å². The summed E-state index contributed by atoms with van der Waals surface area (Å²) >= 11 is 0. The van der Waals surface area contributed by atoms with Gasteiger partial charge in [-0.2, -0.15) is 13.2 Å². The first-order chi connectivity index (χ1) is 10.4. The molecule has 1 aromatic carbocycles. The summed E-state index contributed by atoms with van der Waals surface area (Å²) in [6.45, 7) is 5.46. The maximum Gasteiger partial charge on any atom is 0.416 e. The van der Waals surface area contributed by atoms with Gasteiger partial charge in [-0.25, -0.2) is 0 Å². The van der Waals surface area contributed by atoms with Gasteiger partial charge in [-0.1, -0.05) is 32.0 Å². The van der Waals surface area contributed by atoms with Crippen LogP contribution in [0.25, 0.3) is 0 Å². The lowest BCUT2D eigenvalue weighted by Gasteiger charge is -2.12. The molecule has 0 saturated carbocycles. The highest BCUT2D eigenvalue weighted by molar-refractivity contribution is 5.91. The maximum absolute atomic E-state index is 12.8. The molecule has 6 heteroatoms. The van der Waals surface area contributed by atoms with Crippen molar-refractivity contribution in [3.63, 3.8) is 0 Å². The normalized spacial score (nSPS) is 10.6. The van der Waals surface area contributed by atoms with Gasteiger partial charge in [-0.3, -0.25) is 4.79 Å². The summed E-state index contributed by atoms with van der Waals surface area (Å²) in [7, 11) is 0. The molecule has 1 amide bonds. The predicted molar refractivity (Wildman–Crippen MR) is 77.4 cm³/mol. The van der Waals surface area contributed by atoms with Crippen molar-refractivity contribution in [2.24, 2.45) is 0 Å². The zero-order valence-corrected chi connectivity index (χ0v) is 12.6. The summed E-state index contributed by atoms with van der Waals surface area (Å²) in [5, 5.41) is 2.41. The monoisotopic (exact) mass is 313 g/mol. The van der Waals surface area contributed by atoms with E-state index in [4.69, 9.17) is 4.42 Å². The van der Waals surface area contributed by atoms with Crippen LogP contribution in [0, 0.1) is 6.92 Å². The van der Waals surface area contributed by atoms with Crippen molar-refractivity contribution in [1.82, 2.24) is 5.32 Å². The Labute approximate surface area is 127 Å². The minimum Gasteiger partial charge on any atom is -0.456 e. The van der Waals surface area contributed by atoms with Crippen LogP contribution < -0.4 is 5.32 Å². The van der Waals surface area contributed by atoms with Crippen molar-refractivity contribution in [2.75, 3.05) is 0 Å². The second kappa shape index (κ2) is 7.68. The molecule has 0 bridgehead atoms. The average Bonchev–Trinajstić information content (AvgIpc) is 2.93. The Kier molecular flexibility index (Phi) is 6.22. The molecule has 0 aliphatic rings. The molecular formula is C16H18F3NO2. The van der Waals surface area contributed by atoms with E-state index in [-0.39, 0.29) is 17.9 Å². The van der Waals surface area contributed by atoms with Gasteiger partial charge in [-0.15, -0.1) is 0 Å². The van der Waals surface area contributed by atoms with E-state index in [0.29, 0.717) is 5.76 Å². The number of hydrogen-bond donors (Lipinski definition) is 1. The van der Waals surface area contributed by atoms with Crippen molar-refractivity contribution < 1.29 is 22.4 Å². The number of amides is 1. The minimum atomic E-state index is -4.44. The second-order valence-electron chi connectivity index (χ2n) is 4.25. The van der Waals surface area contributed by atoms with Gasteiger partial charge in [0.15, 0.2) is 5.76 Å². The lowest BCUT2D eigenvalue weighted by atomic mass is 10.1. The van der Waals surface area contributed by atoms with E-state index in [2.05, 4.69) is 5.32 Å². The van der Waals surface area contributed by atoms with Crippen LogP contribution >= 0.6 is 0 Å². The first kappa shape index (κ1) is 17.8. The minimum absolute atomic E-state index is 0.0108. The van der Waals surface area contributed by atoms with Gasteiger partial charge < -0.3 is 9.73 Å². The van der Waals surface area contributed by atoms with E-state index in [1.165, 1.54) is 24.3 Å². The molecule has 2 rings (SSSR count). The van der Waals surface area contributed by atoms with Crippen LogP contribution in [-0.2, 0) is 12.7 Å². The lowest BCUT2D eigenvalue weighted by Crippen LogP contribution is -2.24. The number of benzene rings is 1. The van der Waals surface area contributed by atoms with Gasteiger partial charge in [0.2, 0.25) is 0 Å². The molecule has 3 nitrogen and oxygen atoms in total. The molecule has 2 aromatic rings. The molecule has 22 heavy (non-hydrogen) atoms. The standard InChI is InChI=1S/C14H12F3NO2.C2H6/c1-9-6-7-12(20-9)13(19)18-8-10-4-2-3-5-11(10)14(15,16)17;1-2/h2-7H,8H2,1H3,(H,18,19);1-2H3. The zero-order valence-electron chi connectivity index (χ0n) is 12.6. The Hall–Kier alpha value is -2.24. The summed E-state index contributed by atoms with van der Waals surface area (Å²) < 4.78 is 43.4. The van der Waals surface area contributed by atoms with Gasteiger partial charge in [0.05, 0.1) is 5.56 Å². The lowest BCUT2D eigenvalue weighted by molar-refractivity contribution is -0.138. The van der Waals surface area contributed by atoms with E-state index in [1.807, 2.05) is 13.8 Å². The highest BCUT2D eigenvalue weighted by Gasteiger charge is 2.32. The predicted octanol–water partition coefficient (Wildman–Crippen LogP) is 4.56. The molecule has 0 saturated heterocycles. The van der Waals surface area contributed by atoms with E-state index in [0.717, 1.165) is 6.07 Å². The molecular weight excluding hydrogens is 295 g/mol. The molecule has 0 unspecified atom stereocenters. The number of furan rings is 1. The van der Waals surface area contributed by atoms with Crippen LogP contribution in [0.5, 0.6) is 0 Å². The van der Waals surface area contributed by atoms with E-state index in [9.17, 15) is 18.0 Å². The number of carbonyl (C=O) groups excluding carboxylic acids is 1. The van der Waals surface area contributed by atoms with Crippen molar-refractivity contribution in [1.29, 1.82) is 0 Å². The van der Waals surface area contributed by atoms with Gasteiger partial charge in [0, 0.05) is 6.54 Å². The maximum atomic E-state index is 12.8. The van der Waals surface area contributed by atoms with E-state index < -0.39 is 17.6 Å². The summed E-state index contributed by atoms with van der Waals surface area (Å²) in [6.07, 6.45) is -4.44. The molecule has 1 N–H and O–H groups in total. The molecule has 0 atom stereocenters. The zero-order chi connectivity index (χ0) is 16.8. The number of nitrogens with one attached hydrogen (secondary N) is 1. The summed E-state index contributed by atoms with van der Waals surface area (Å²) in [5.41, 5.74) is -0.743. The van der Waals surface area contributed by atoms with E-state index in [1.54, 1.807) is 13.0 Å². The van der Waals surface area contributed by atoms with E-state index >= 15 is 0 Å². The first-order valence-corrected chi connectivity index (χ1v) is 6.87. The smallest absolute Gasteiger partial charge is 0.416 e. The number of halogens is 3. The summed E-state index contributed by atoms with van der Waals surface area (Å²) in [4.78, 5) is 11.7. The van der Waals surface area contributed by atoms with Crippen molar-refractivity contribution in [2.45, 2.75) is 33.5 Å². The number of hydrogen-bond acceptors (Lipinski definition) is 2. The third kappa shape index (κ3) is 4.65. The number of alkyl halides is 3. The summed E-state index contributed by atoms with van der Waals surface area (Å²) in [6, 6.07) is 8.20. The van der Waals surface area contributed by atoms with Crippen LogP contribution in [-0.4, -0.2) is 5.91 Å². The highest BCUT2D eigenvalue weighted by atomic mass is 19.4. The topological polar surface area (TPSA) is 42.2 Å². The van der Waals surface area contributed by atoms with Crippen LogP contribution in [0.4, 0.5) is 13.2 Å². The number of rotatable bonds is 3. The van der Waals surface area contributed by atoms with Crippen molar-refractivity contribution >= 4 is 5.91 Å². The largest absolute Gasteiger partial charge is 0.456 e. The fourth-order valence-electron chi connectivity index (χ4n) is 1.77. The molecule has 0 spiro atoms. The average molecular weight is 313 g/mol. The Balaban J connectivity index is 0.00000116. The Morgan fingerprint density at radius 3 is 2.32 bits per heavy atom. The Morgan fingerprint density at radius 1 is 1.14 bits per heavy atom. The molecule has 0 aliphatic heterocycles. The van der Waals surface area contributed by atoms with Crippen LogP contribution in [0.3, 0.4) is 0 Å². The molecule has 0 aliphatic carbocycles. The third-order valence-electron chi connectivity index (χ3n) is 2.73. The quantitative estimate of drug-likeness (QED) is 0.902. The molecule has 120 valence electrons. The fraction of sp³-hybridized carbons (Fsp3) is 0.312. The van der Waals surface area contributed by atoms with Crippen LogP contribution in [0.2, 0.25) is 0 Å². The highest BCUT2D eigenvalue weighted by Crippen LogP contribution is 2.31. The SMILES string of the molecule is CC.Cc1ccc(C(=O)NCc2ccccc2C(F)(F)F)o1. The summed E-state index contributed by atoms with van der Waals surface area (Å²) in [5.74, 6) is 0.0907. The number of carbonyl (C=O) groups is 1. The fourth-order valence-corrected chi connectivity index (χ4v) is 1.77. The molecule has 1 heterocycles. The van der Waals surface area contributed by atoms with Crippen molar-refractivity contribution in [3.05, 3.63) is 59.0 Å². The van der Waals surface area contributed by atoms with Gasteiger partial charge in [0.25, 0.3) is 5.91 Å². The molecule has 1 aromatic heterocycles. The van der Waals surface area contributed by atoms with Crippen molar-refractivity contribution in [3.8, 4) is 0 Å². The van der Waals surface area contributed by atoms with Gasteiger partial charge >= 0.3 is 6.18 Å².